The van der Waals surface area contributed by atoms with Gasteiger partial charge in [0.15, 0.2) is 0 Å². The van der Waals surface area contributed by atoms with Crippen LogP contribution in [0.3, 0.4) is 0 Å². The number of benzene rings is 1. The maximum Gasteiger partial charge on any atom is 0.315 e. The van der Waals surface area contributed by atoms with Gasteiger partial charge in [-0.1, -0.05) is 18.2 Å². The lowest BCUT2D eigenvalue weighted by molar-refractivity contribution is 0.236. The number of rotatable bonds is 3. The van der Waals surface area contributed by atoms with Gasteiger partial charge in [0, 0.05) is 21.9 Å². The van der Waals surface area contributed by atoms with E-state index in [1.807, 2.05) is 43.8 Å². The number of carbonyl (C=O) groups is 1. The molecule has 1 aliphatic heterocycles. The van der Waals surface area contributed by atoms with Gasteiger partial charge in [0.25, 0.3) is 5.56 Å². The van der Waals surface area contributed by atoms with Crippen LogP contribution in [-0.4, -0.2) is 16.8 Å². The molecule has 3 rings (SSSR count). The quantitative estimate of drug-likeness (QED) is 0.802. The number of H-pyrrole nitrogens is 1. The van der Waals surface area contributed by atoms with Crippen LogP contribution in [0, 0.1) is 13.8 Å². The number of amides is 2. The van der Waals surface area contributed by atoms with Gasteiger partial charge in [-0.2, -0.15) is 0 Å². The molecule has 2 aromatic rings. The largest absolute Gasteiger partial charge is 0.334 e. The maximum absolute atomic E-state index is 12.2. The third-order valence-electron chi connectivity index (χ3n) is 4.18. The lowest BCUT2D eigenvalue weighted by atomic mass is 10.0. The minimum Gasteiger partial charge on any atom is -0.334 e. The first-order valence-electron chi connectivity index (χ1n) is 8.00. The molecule has 0 aliphatic carbocycles. The predicted octanol–water partition coefficient (Wildman–Crippen LogP) is 3.03. The Hall–Kier alpha value is -2.21. The monoisotopic (exact) mass is 343 g/mol. The van der Waals surface area contributed by atoms with Crippen LogP contribution in [0.1, 0.15) is 34.8 Å². The first kappa shape index (κ1) is 16.6. The van der Waals surface area contributed by atoms with Gasteiger partial charge in [0.05, 0.1) is 12.6 Å². The van der Waals surface area contributed by atoms with E-state index in [-0.39, 0.29) is 24.2 Å². The second-order valence-electron chi connectivity index (χ2n) is 6.00. The molecule has 1 aromatic carbocycles. The van der Waals surface area contributed by atoms with Crippen LogP contribution in [0.4, 0.5) is 4.79 Å². The highest BCUT2D eigenvalue weighted by molar-refractivity contribution is 7.99. The van der Waals surface area contributed by atoms with E-state index in [9.17, 15) is 9.59 Å². The average molecular weight is 343 g/mol. The third kappa shape index (κ3) is 3.64. The fraction of sp³-hybridized carbons (Fsp3) is 0.333. The molecule has 126 valence electrons. The van der Waals surface area contributed by atoms with Gasteiger partial charge in [0.2, 0.25) is 0 Å². The molecule has 0 fully saturated rings. The first-order valence-corrected chi connectivity index (χ1v) is 8.98. The van der Waals surface area contributed by atoms with E-state index in [4.69, 9.17) is 0 Å². The molecule has 5 nitrogen and oxygen atoms in total. The molecule has 0 spiro atoms. The van der Waals surface area contributed by atoms with Crippen molar-refractivity contribution in [2.75, 3.05) is 5.75 Å². The number of aromatic nitrogens is 1. The minimum absolute atomic E-state index is 0.0137. The summed E-state index contributed by atoms with van der Waals surface area (Å²) in [6.07, 6.45) is 0.902. The number of aryl methyl sites for hydroxylation is 2. The van der Waals surface area contributed by atoms with Gasteiger partial charge >= 0.3 is 6.03 Å². The Morgan fingerprint density at radius 1 is 1.33 bits per heavy atom. The summed E-state index contributed by atoms with van der Waals surface area (Å²) in [4.78, 5) is 28.2. The summed E-state index contributed by atoms with van der Waals surface area (Å²) in [5.41, 5.74) is 3.31. The lowest BCUT2D eigenvalue weighted by Gasteiger charge is -2.26. The zero-order valence-corrected chi connectivity index (χ0v) is 14.6. The van der Waals surface area contributed by atoms with E-state index < -0.39 is 0 Å². The second-order valence-corrected chi connectivity index (χ2v) is 7.13. The average Bonchev–Trinajstić information content (AvgIpc) is 2.54. The van der Waals surface area contributed by atoms with Crippen LogP contribution >= 0.6 is 11.8 Å². The van der Waals surface area contributed by atoms with Crippen molar-refractivity contribution in [1.82, 2.24) is 15.6 Å². The van der Waals surface area contributed by atoms with Gasteiger partial charge in [-0.25, -0.2) is 4.79 Å². The van der Waals surface area contributed by atoms with Crippen LogP contribution in [0.25, 0.3) is 0 Å². The highest BCUT2D eigenvalue weighted by Gasteiger charge is 2.21. The molecule has 0 saturated carbocycles. The normalized spacial score (nSPS) is 16.3. The lowest BCUT2D eigenvalue weighted by Crippen LogP contribution is -2.39. The predicted molar refractivity (Wildman–Crippen MR) is 96.4 cm³/mol. The molecule has 0 radical (unpaired) electrons. The molecule has 6 heteroatoms. The number of fused-ring (bicyclic) bond motifs is 1. The van der Waals surface area contributed by atoms with Gasteiger partial charge in [-0.05, 0) is 43.5 Å². The number of hydrogen-bond acceptors (Lipinski definition) is 3. The summed E-state index contributed by atoms with van der Waals surface area (Å²) in [7, 11) is 0. The Kier molecular flexibility index (Phi) is 4.94. The number of aromatic amines is 1. The molecule has 0 saturated heterocycles. The SMILES string of the molecule is Cc1cc(C)c(CNC(=O)N[C@H]2CCSc3ccccc32)c(=O)[nH]1. The number of nitrogens with one attached hydrogen (secondary N) is 3. The molecule has 1 aromatic heterocycles. The van der Waals surface area contributed by atoms with Crippen molar-refractivity contribution in [3.8, 4) is 0 Å². The summed E-state index contributed by atoms with van der Waals surface area (Å²) >= 11 is 1.82. The fourth-order valence-corrected chi connectivity index (χ4v) is 4.10. The standard InChI is InChI=1S/C18H21N3O2S/c1-11-9-12(2)20-17(22)14(11)10-19-18(23)21-15-7-8-24-16-6-4-3-5-13(15)16/h3-6,9,15H,7-8,10H2,1-2H3,(H,20,22)(H2,19,21,23)/t15-/m0/s1. The third-order valence-corrected chi connectivity index (χ3v) is 5.31. The topological polar surface area (TPSA) is 74.0 Å². The van der Waals surface area contributed by atoms with Crippen molar-refractivity contribution in [1.29, 1.82) is 0 Å². The highest BCUT2D eigenvalue weighted by Crippen LogP contribution is 2.35. The summed E-state index contributed by atoms with van der Waals surface area (Å²) in [5.74, 6) is 0.985. The zero-order chi connectivity index (χ0) is 17.1. The van der Waals surface area contributed by atoms with Crippen molar-refractivity contribution in [2.24, 2.45) is 0 Å². The molecule has 24 heavy (non-hydrogen) atoms. The Morgan fingerprint density at radius 3 is 2.92 bits per heavy atom. The smallest absolute Gasteiger partial charge is 0.315 e. The minimum atomic E-state index is -0.249. The van der Waals surface area contributed by atoms with E-state index in [2.05, 4.69) is 27.8 Å². The molecule has 3 N–H and O–H groups in total. The fourth-order valence-electron chi connectivity index (χ4n) is 2.97. The van der Waals surface area contributed by atoms with Crippen LogP contribution in [0.15, 0.2) is 40.0 Å². The Balaban J connectivity index is 1.64. The van der Waals surface area contributed by atoms with Crippen molar-refractivity contribution in [2.45, 2.75) is 37.8 Å². The van der Waals surface area contributed by atoms with Gasteiger partial charge in [0.1, 0.15) is 0 Å². The van der Waals surface area contributed by atoms with Crippen molar-refractivity contribution in [3.05, 3.63) is 63.1 Å². The maximum atomic E-state index is 12.2. The summed E-state index contributed by atoms with van der Waals surface area (Å²) < 4.78 is 0. The summed E-state index contributed by atoms with van der Waals surface area (Å²) in [5, 5.41) is 5.82. The molecule has 0 unspecified atom stereocenters. The molecular formula is C18H21N3O2S. The molecule has 0 bridgehead atoms. The van der Waals surface area contributed by atoms with Crippen molar-refractivity contribution in [3.63, 3.8) is 0 Å². The number of hydrogen-bond donors (Lipinski definition) is 3. The van der Waals surface area contributed by atoms with E-state index >= 15 is 0 Å². The van der Waals surface area contributed by atoms with E-state index in [1.165, 1.54) is 4.90 Å². The van der Waals surface area contributed by atoms with E-state index in [0.717, 1.165) is 29.0 Å². The molecular weight excluding hydrogens is 322 g/mol. The number of pyridine rings is 1. The van der Waals surface area contributed by atoms with Crippen LogP contribution < -0.4 is 16.2 Å². The van der Waals surface area contributed by atoms with Crippen molar-refractivity contribution >= 4 is 17.8 Å². The first-order chi connectivity index (χ1) is 11.5. The van der Waals surface area contributed by atoms with Crippen LogP contribution in [-0.2, 0) is 6.54 Å². The highest BCUT2D eigenvalue weighted by atomic mass is 32.2. The molecule has 1 aliphatic rings. The molecule has 1 atom stereocenters. The summed E-state index contributed by atoms with van der Waals surface area (Å²) in [6, 6.07) is 9.82. The second kappa shape index (κ2) is 7.13. The van der Waals surface area contributed by atoms with Gasteiger partial charge in [-0.15, -0.1) is 11.8 Å². The Morgan fingerprint density at radius 2 is 2.12 bits per heavy atom. The van der Waals surface area contributed by atoms with Crippen molar-refractivity contribution < 1.29 is 4.79 Å². The van der Waals surface area contributed by atoms with Gasteiger partial charge in [-0.3, -0.25) is 4.79 Å². The summed E-state index contributed by atoms with van der Waals surface area (Å²) in [6.45, 7) is 3.94. The van der Waals surface area contributed by atoms with E-state index in [1.54, 1.807) is 0 Å². The Bertz CT molecular complexity index is 816. The van der Waals surface area contributed by atoms with Crippen LogP contribution in [0.2, 0.25) is 0 Å². The molecule has 2 heterocycles. The van der Waals surface area contributed by atoms with Crippen LogP contribution in [0.5, 0.6) is 0 Å². The van der Waals surface area contributed by atoms with Gasteiger partial charge < -0.3 is 15.6 Å². The number of urea groups is 1. The molecule has 2 amide bonds. The van der Waals surface area contributed by atoms with E-state index in [0.29, 0.717) is 5.56 Å². The number of carbonyl (C=O) groups excluding carboxylic acids is 1. The Labute approximate surface area is 145 Å². The number of thioether (sulfide) groups is 1. The zero-order valence-electron chi connectivity index (χ0n) is 13.8.